The zero-order valence-corrected chi connectivity index (χ0v) is 22.0. The Hall–Kier alpha value is -4.28. The Bertz CT molecular complexity index is 1460. The summed E-state index contributed by atoms with van der Waals surface area (Å²) in [4.78, 5) is 39.5. The SMILES string of the molecule is COc1cccc(CNC(=O)c2ccc(-c3ccnc(Nc4cccc(N5CCN(C)CC5=O)c4)n3)s2)c1. The summed E-state index contributed by atoms with van der Waals surface area (Å²) in [6.07, 6.45) is 1.68. The number of anilines is 3. The van der Waals surface area contributed by atoms with E-state index in [1.807, 2.05) is 72.6 Å². The highest BCUT2D eigenvalue weighted by molar-refractivity contribution is 7.17. The maximum Gasteiger partial charge on any atom is 0.261 e. The second-order valence-electron chi connectivity index (χ2n) is 8.92. The van der Waals surface area contributed by atoms with Crippen molar-refractivity contribution in [2.24, 2.45) is 0 Å². The molecule has 2 N–H and O–H groups in total. The Kier molecular flexibility index (Phi) is 7.62. The number of nitrogens with zero attached hydrogens (tertiary/aromatic N) is 4. The molecule has 0 bridgehead atoms. The van der Waals surface area contributed by atoms with Gasteiger partial charge in [0.05, 0.1) is 29.1 Å². The lowest BCUT2D eigenvalue weighted by atomic mass is 10.2. The molecule has 10 heteroatoms. The van der Waals surface area contributed by atoms with E-state index < -0.39 is 0 Å². The topological polar surface area (TPSA) is 99.7 Å². The molecule has 4 aromatic rings. The number of amides is 2. The summed E-state index contributed by atoms with van der Waals surface area (Å²) < 4.78 is 5.24. The normalized spacial score (nSPS) is 13.8. The molecule has 2 aromatic carbocycles. The number of hydrogen-bond acceptors (Lipinski definition) is 8. The van der Waals surface area contributed by atoms with Gasteiger partial charge in [0.25, 0.3) is 5.91 Å². The van der Waals surface area contributed by atoms with Crippen LogP contribution in [0.15, 0.2) is 72.9 Å². The summed E-state index contributed by atoms with van der Waals surface area (Å²) in [6.45, 7) is 2.29. The van der Waals surface area contributed by atoms with Gasteiger partial charge in [-0.1, -0.05) is 18.2 Å². The van der Waals surface area contributed by atoms with Crippen molar-refractivity contribution in [1.29, 1.82) is 0 Å². The maximum absolute atomic E-state index is 12.7. The molecule has 1 fully saturated rings. The smallest absolute Gasteiger partial charge is 0.261 e. The molecule has 9 nitrogen and oxygen atoms in total. The third-order valence-corrected chi connectivity index (χ3v) is 7.26. The van der Waals surface area contributed by atoms with Gasteiger partial charge in [-0.25, -0.2) is 9.97 Å². The number of rotatable bonds is 8. The minimum Gasteiger partial charge on any atom is -0.497 e. The minimum atomic E-state index is -0.147. The van der Waals surface area contributed by atoms with Gasteiger partial charge >= 0.3 is 0 Å². The first-order valence-corrected chi connectivity index (χ1v) is 13.0. The van der Waals surface area contributed by atoms with Crippen molar-refractivity contribution in [1.82, 2.24) is 20.2 Å². The highest BCUT2D eigenvalue weighted by Crippen LogP contribution is 2.28. The predicted octanol–water partition coefficient (Wildman–Crippen LogP) is 4.17. The molecule has 0 aliphatic carbocycles. The van der Waals surface area contributed by atoms with Crippen LogP contribution < -0.4 is 20.3 Å². The number of carbonyl (C=O) groups excluding carboxylic acids is 2. The fourth-order valence-electron chi connectivity index (χ4n) is 4.15. The van der Waals surface area contributed by atoms with E-state index in [0.717, 1.165) is 34.1 Å². The summed E-state index contributed by atoms with van der Waals surface area (Å²) >= 11 is 1.37. The molecule has 1 saturated heterocycles. The number of thiophene rings is 1. The van der Waals surface area contributed by atoms with Gasteiger partial charge < -0.3 is 20.3 Å². The number of hydrogen-bond donors (Lipinski definition) is 2. The fourth-order valence-corrected chi connectivity index (χ4v) is 5.04. The Labute approximate surface area is 225 Å². The monoisotopic (exact) mass is 528 g/mol. The minimum absolute atomic E-state index is 0.0789. The van der Waals surface area contributed by atoms with Crippen LogP contribution in [0.5, 0.6) is 5.75 Å². The lowest BCUT2D eigenvalue weighted by Gasteiger charge is -2.32. The number of likely N-dealkylation sites (N-methyl/N-ethyl adjacent to an activating group) is 1. The molecule has 1 aliphatic rings. The average molecular weight is 529 g/mol. The summed E-state index contributed by atoms with van der Waals surface area (Å²) in [5, 5.41) is 6.19. The van der Waals surface area contributed by atoms with Gasteiger partial charge in [-0.3, -0.25) is 14.5 Å². The molecule has 2 amide bonds. The first-order chi connectivity index (χ1) is 18.5. The van der Waals surface area contributed by atoms with Crippen molar-refractivity contribution in [2.75, 3.05) is 44.0 Å². The molecule has 1 aliphatic heterocycles. The zero-order valence-electron chi connectivity index (χ0n) is 21.2. The van der Waals surface area contributed by atoms with E-state index in [4.69, 9.17) is 4.74 Å². The van der Waals surface area contributed by atoms with Crippen LogP contribution >= 0.6 is 11.3 Å². The van der Waals surface area contributed by atoms with E-state index in [9.17, 15) is 9.59 Å². The molecule has 194 valence electrons. The molecule has 38 heavy (non-hydrogen) atoms. The van der Waals surface area contributed by atoms with Crippen molar-refractivity contribution < 1.29 is 14.3 Å². The molecule has 3 heterocycles. The summed E-state index contributed by atoms with van der Waals surface area (Å²) in [5.41, 5.74) is 3.30. The van der Waals surface area contributed by atoms with E-state index in [2.05, 4.69) is 20.6 Å². The van der Waals surface area contributed by atoms with Crippen LogP contribution in [0.4, 0.5) is 17.3 Å². The summed E-state index contributed by atoms with van der Waals surface area (Å²) in [6, 6.07) is 20.8. The lowest BCUT2D eigenvalue weighted by molar-refractivity contribution is -0.120. The van der Waals surface area contributed by atoms with E-state index in [0.29, 0.717) is 36.2 Å². The van der Waals surface area contributed by atoms with Crippen LogP contribution in [-0.2, 0) is 11.3 Å². The number of nitrogens with one attached hydrogen (secondary N) is 2. The van der Waals surface area contributed by atoms with Crippen molar-refractivity contribution in [2.45, 2.75) is 6.54 Å². The Morgan fingerprint density at radius 3 is 2.79 bits per heavy atom. The molecular formula is C28H28N6O3S. The van der Waals surface area contributed by atoms with Gasteiger partial charge in [-0.05, 0) is 61.1 Å². The molecule has 0 unspecified atom stereocenters. The first-order valence-electron chi connectivity index (χ1n) is 12.2. The lowest BCUT2D eigenvalue weighted by Crippen LogP contribution is -2.48. The van der Waals surface area contributed by atoms with Crippen LogP contribution in [0.2, 0.25) is 0 Å². The van der Waals surface area contributed by atoms with Crippen molar-refractivity contribution in [3.8, 4) is 16.3 Å². The predicted molar refractivity (Wildman–Crippen MR) is 149 cm³/mol. The van der Waals surface area contributed by atoms with Gasteiger partial charge in [0, 0.05) is 37.2 Å². The molecule has 0 saturated carbocycles. The summed E-state index contributed by atoms with van der Waals surface area (Å²) in [7, 11) is 3.57. The molecule has 5 rings (SSSR count). The third kappa shape index (κ3) is 5.99. The standard InChI is InChI=1S/C28H28N6O3S/c1-33-13-14-34(26(35)18-33)21-7-4-6-20(16-21)31-28-29-12-11-23(32-28)24-9-10-25(38-24)27(36)30-17-19-5-3-8-22(15-19)37-2/h3-12,15-16H,13-14,17-18H2,1-2H3,(H,30,36)(H,29,31,32). The number of benzene rings is 2. The third-order valence-electron chi connectivity index (χ3n) is 6.15. The second kappa shape index (κ2) is 11.4. The van der Waals surface area contributed by atoms with E-state index in [1.165, 1.54) is 11.3 Å². The van der Waals surface area contributed by atoms with E-state index in [1.54, 1.807) is 24.3 Å². The molecule has 0 spiro atoms. The number of carbonyl (C=O) groups is 2. The summed E-state index contributed by atoms with van der Waals surface area (Å²) in [5.74, 6) is 1.12. The van der Waals surface area contributed by atoms with Gasteiger partial charge in [0.15, 0.2) is 0 Å². The maximum atomic E-state index is 12.7. The number of aromatic nitrogens is 2. The molecule has 2 aromatic heterocycles. The largest absolute Gasteiger partial charge is 0.497 e. The average Bonchev–Trinajstić information content (AvgIpc) is 3.43. The van der Waals surface area contributed by atoms with Gasteiger partial charge in [0.1, 0.15) is 5.75 Å². The Balaban J connectivity index is 1.25. The van der Waals surface area contributed by atoms with Crippen LogP contribution in [0, 0.1) is 0 Å². The molecule has 0 atom stereocenters. The highest BCUT2D eigenvalue weighted by Gasteiger charge is 2.23. The van der Waals surface area contributed by atoms with E-state index in [-0.39, 0.29) is 11.8 Å². The van der Waals surface area contributed by atoms with Crippen molar-refractivity contribution in [3.63, 3.8) is 0 Å². The molecular weight excluding hydrogens is 500 g/mol. The van der Waals surface area contributed by atoms with Gasteiger partial charge in [-0.2, -0.15) is 0 Å². The Morgan fingerprint density at radius 1 is 1.08 bits per heavy atom. The number of piperazine rings is 1. The Morgan fingerprint density at radius 2 is 1.95 bits per heavy atom. The first kappa shape index (κ1) is 25.4. The zero-order chi connectivity index (χ0) is 26.5. The van der Waals surface area contributed by atoms with Crippen LogP contribution in [0.25, 0.3) is 10.6 Å². The highest BCUT2D eigenvalue weighted by atomic mass is 32.1. The van der Waals surface area contributed by atoms with Crippen LogP contribution in [0.3, 0.4) is 0 Å². The van der Waals surface area contributed by atoms with Gasteiger partial charge in [-0.15, -0.1) is 11.3 Å². The number of ether oxygens (including phenoxy) is 1. The van der Waals surface area contributed by atoms with Crippen LogP contribution in [-0.4, -0.2) is 60.5 Å². The second-order valence-corrected chi connectivity index (χ2v) is 10.0. The fraction of sp³-hybridized carbons (Fsp3) is 0.214. The quantitative estimate of drug-likeness (QED) is 0.354. The van der Waals surface area contributed by atoms with E-state index >= 15 is 0 Å². The molecule has 0 radical (unpaired) electrons. The van der Waals surface area contributed by atoms with Crippen molar-refractivity contribution >= 4 is 40.5 Å². The van der Waals surface area contributed by atoms with Crippen molar-refractivity contribution in [3.05, 3.63) is 83.4 Å². The van der Waals surface area contributed by atoms with Gasteiger partial charge in [0.2, 0.25) is 11.9 Å². The van der Waals surface area contributed by atoms with Crippen LogP contribution in [0.1, 0.15) is 15.2 Å². The number of methoxy groups -OCH3 is 1.